The molecule has 0 amide bonds. The third-order valence-corrected chi connectivity index (χ3v) is 7.95. The second-order valence-corrected chi connectivity index (χ2v) is 10.1. The topological polar surface area (TPSA) is 12.4 Å². The molecule has 2 aromatic carbocycles. The van der Waals surface area contributed by atoms with Crippen LogP contribution in [0.3, 0.4) is 0 Å². The van der Waals surface area contributed by atoms with E-state index < -0.39 is 0 Å². The summed E-state index contributed by atoms with van der Waals surface area (Å²) in [7, 11) is 0. The Hall–Kier alpha value is -1.89. The molecule has 1 heterocycles. The van der Waals surface area contributed by atoms with E-state index in [2.05, 4.69) is 55.5 Å². The van der Waals surface area contributed by atoms with Gasteiger partial charge in [0.2, 0.25) is 0 Å². The Balaban J connectivity index is 0.00000112. The summed E-state index contributed by atoms with van der Waals surface area (Å²) in [4.78, 5) is 4.91. The van der Waals surface area contributed by atoms with Crippen LogP contribution in [-0.2, 0) is 6.42 Å². The maximum atomic E-state index is 4.91. The summed E-state index contributed by atoms with van der Waals surface area (Å²) >= 11 is 0. The first kappa shape index (κ1) is 22.3. The Morgan fingerprint density at radius 3 is 2.16 bits per heavy atom. The van der Waals surface area contributed by atoms with Gasteiger partial charge in [0.1, 0.15) is 0 Å². The van der Waals surface area contributed by atoms with Gasteiger partial charge >= 0.3 is 0 Å². The summed E-state index contributed by atoms with van der Waals surface area (Å²) in [5.74, 6) is 3.74. The molecule has 2 fully saturated rings. The smallest absolute Gasteiger partial charge is 0.0669 e. The molecule has 0 N–H and O–H groups in total. The molecule has 0 saturated heterocycles. The number of hydrogen-bond donors (Lipinski definition) is 0. The van der Waals surface area contributed by atoms with E-state index in [1.165, 1.54) is 74.6 Å². The van der Waals surface area contributed by atoms with Crippen molar-refractivity contribution in [3.8, 4) is 0 Å². The van der Waals surface area contributed by atoms with Crippen LogP contribution in [0.1, 0.15) is 101 Å². The lowest BCUT2D eigenvalue weighted by atomic mass is 9.72. The van der Waals surface area contributed by atoms with Crippen LogP contribution in [0.15, 0.2) is 53.5 Å². The maximum absolute atomic E-state index is 4.91. The van der Waals surface area contributed by atoms with Gasteiger partial charge in [0.25, 0.3) is 0 Å². The molecule has 2 aliphatic carbocycles. The Morgan fingerprint density at radius 1 is 0.774 bits per heavy atom. The zero-order valence-corrected chi connectivity index (χ0v) is 19.9. The van der Waals surface area contributed by atoms with Crippen LogP contribution in [0, 0.1) is 17.8 Å². The predicted molar refractivity (Wildman–Crippen MR) is 135 cm³/mol. The first-order valence-electron chi connectivity index (χ1n) is 13.0. The van der Waals surface area contributed by atoms with Gasteiger partial charge in [0, 0.05) is 6.42 Å². The molecule has 5 rings (SSSR count). The van der Waals surface area contributed by atoms with Crippen molar-refractivity contribution in [2.75, 3.05) is 0 Å². The van der Waals surface area contributed by atoms with Crippen molar-refractivity contribution in [3.05, 3.63) is 65.2 Å². The summed E-state index contributed by atoms with van der Waals surface area (Å²) < 4.78 is 0. The Labute approximate surface area is 190 Å². The minimum Gasteiger partial charge on any atom is -0.252 e. The second kappa shape index (κ2) is 10.6. The van der Waals surface area contributed by atoms with Gasteiger partial charge in [0.05, 0.1) is 11.4 Å². The quantitative estimate of drug-likeness (QED) is 0.473. The van der Waals surface area contributed by atoms with E-state index in [9.17, 15) is 0 Å². The zero-order valence-electron chi connectivity index (χ0n) is 19.9. The molecule has 0 atom stereocenters. The Morgan fingerprint density at radius 2 is 1.45 bits per heavy atom. The van der Waals surface area contributed by atoms with Gasteiger partial charge in [-0.25, -0.2) is 0 Å². The highest BCUT2D eigenvalue weighted by molar-refractivity contribution is 6.06. The Bertz CT molecular complexity index is 863. The first-order chi connectivity index (χ1) is 15.2. The van der Waals surface area contributed by atoms with Crippen molar-refractivity contribution in [1.29, 1.82) is 0 Å². The molecule has 0 radical (unpaired) electrons. The number of rotatable bonds is 4. The molecule has 0 unspecified atom stereocenters. The molecule has 0 spiro atoms. The highest BCUT2D eigenvalue weighted by Gasteiger charge is 2.27. The van der Waals surface area contributed by atoms with E-state index in [0.29, 0.717) is 0 Å². The predicted octanol–water partition coefficient (Wildman–Crippen LogP) is 8.88. The maximum Gasteiger partial charge on any atom is 0.0669 e. The first-order valence-corrected chi connectivity index (χ1v) is 13.0. The van der Waals surface area contributed by atoms with Gasteiger partial charge in [-0.3, -0.25) is 4.99 Å². The van der Waals surface area contributed by atoms with Gasteiger partial charge in [0.15, 0.2) is 0 Å². The van der Waals surface area contributed by atoms with E-state index in [4.69, 9.17) is 4.99 Å². The zero-order chi connectivity index (χ0) is 21.6. The number of fused-ring (bicyclic) bond motifs is 1. The molecule has 31 heavy (non-hydrogen) atoms. The lowest BCUT2D eigenvalue weighted by Gasteiger charge is -2.33. The van der Waals surface area contributed by atoms with Gasteiger partial charge in [-0.2, -0.15) is 0 Å². The molecule has 0 bridgehead atoms. The van der Waals surface area contributed by atoms with Gasteiger partial charge < -0.3 is 0 Å². The molecule has 1 nitrogen and oxygen atoms in total. The van der Waals surface area contributed by atoms with E-state index in [0.717, 1.165) is 35.8 Å². The normalized spacial score (nSPS) is 27.6. The van der Waals surface area contributed by atoms with E-state index in [1.807, 2.05) is 13.8 Å². The number of aliphatic imine (C=N–C) groups is 1. The molecule has 166 valence electrons. The highest BCUT2D eigenvalue weighted by atomic mass is 14.8. The van der Waals surface area contributed by atoms with Crippen LogP contribution < -0.4 is 0 Å². The summed E-state index contributed by atoms with van der Waals surface area (Å²) in [6.45, 7) is 6.44. The van der Waals surface area contributed by atoms with Crippen molar-refractivity contribution in [1.82, 2.24) is 0 Å². The standard InChI is InChI=1S/C28H35N.C2H6/c1-20-9-11-21(12-10-20)17-22-13-15-23(16-14-22)24-6-4-7-25(18-24)28-19-26-5-2-3-8-27(26)29-28;1-2/h2-8,18,20-23H,9-17,19H2,1H3;1-2H3. The molecule has 0 aromatic heterocycles. The van der Waals surface area contributed by atoms with Crippen LogP contribution in [0.4, 0.5) is 5.69 Å². The molecule has 2 saturated carbocycles. The highest BCUT2D eigenvalue weighted by Crippen LogP contribution is 2.41. The SMILES string of the molecule is CC.CC1CCC(CC2CCC(c3cccc(C4=Nc5ccccc5C4)c3)CC2)CC1. The molecule has 2 aromatic rings. The van der Waals surface area contributed by atoms with Crippen LogP contribution in [0.5, 0.6) is 0 Å². The van der Waals surface area contributed by atoms with Gasteiger partial charge in [-0.1, -0.05) is 82.9 Å². The Kier molecular flexibility index (Phi) is 7.64. The molecule has 1 aliphatic heterocycles. The van der Waals surface area contributed by atoms with Crippen molar-refractivity contribution in [3.63, 3.8) is 0 Å². The van der Waals surface area contributed by atoms with Gasteiger partial charge in [-0.05, 0) is 84.6 Å². The van der Waals surface area contributed by atoms with Gasteiger partial charge in [-0.15, -0.1) is 0 Å². The third kappa shape index (κ3) is 5.48. The third-order valence-electron chi connectivity index (χ3n) is 7.95. The van der Waals surface area contributed by atoms with Crippen LogP contribution in [0.2, 0.25) is 0 Å². The lowest BCUT2D eigenvalue weighted by Crippen LogP contribution is -2.19. The summed E-state index contributed by atoms with van der Waals surface area (Å²) in [6, 6.07) is 17.9. The van der Waals surface area contributed by atoms with E-state index in [-0.39, 0.29) is 0 Å². The van der Waals surface area contributed by atoms with Crippen molar-refractivity contribution >= 4 is 11.4 Å². The molecule has 1 heteroatoms. The fourth-order valence-corrected chi connectivity index (χ4v) is 6.04. The average Bonchev–Trinajstić information content (AvgIpc) is 3.27. The molecule has 3 aliphatic rings. The van der Waals surface area contributed by atoms with Crippen LogP contribution in [-0.4, -0.2) is 5.71 Å². The molecular formula is C30H41N. The summed E-state index contributed by atoms with van der Waals surface area (Å²) in [5.41, 5.74) is 6.65. The number of hydrogen-bond acceptors (Lipinski definition) is 1. The van der Waals surface area contributed by atoms with Crippen LogP contribution >= 0.6 is 0 Å². The number of para-hydroxylation sites is 1. The van der Waals surface area contributed by atoms with Crippen molar-refractivity contribution in [2.45, 2.75) is 90.9 Å². The minimum absolute atomic E-state index is 0.752. The van der Waals surface area contributed by atoms with Crippen molar-refractivity contribution in [2.24, 2.45) is 22.7 Å². The van der Waals surface area contributed by atoms with Crippen LogP contribution in [0.25, 0.3) is 0 Å². The van der Waals surface area contributed by atoms with Crippen molar-refractivity contribution < 1.29 is 0 Å². The number of benzene rings is 2. The minimum atomic E-state index is 0.752. The monoisotopic (exact) mass is 415 g/mol. The molecular weight excluding hydrogens is 374 g/mol. The van der Waals surface area contributed by atoms with E-state index >= 15 is 0 Å². The largest absolute Gasteiger partial charge is 0.252 e. The van der Waals surface area contributed by atoms with E-state index in [1.54, 1.807) is 5.56 Å². The fourth-order valence-electron chi connectivity index (χ4n) is 6.04. The number of nitrogens with zero attached hydrogens (tertiary/aromatic N) is 1. The summed E-state index contributed by atoms with van der Waals surface area (Å²) in [6.07, 6.45) is 14.1. The lowest BCUT2D eigenvalue weighted by molar-refractivity contribution is 0.211. The average molecular weight is 416 g/mol. The fraction of sp³-hybridized carbons (Fsp3) is 0.567. The summed E-state index contributed by atoms with van der Waals surface area (Å²) in [5, 5.41) is 0. The second-order valence-electron chi connectivity index (χ2n) is 10.1.